The van der Waals surface area contributed by atoms with Crippen LogP contribution in [0.15, 0.2) is 29.1 Å². The maximum atomic E-state index is 13.4. The summed E-state index contributed by atoms with van der Waals surface area (Å²) in [5.41, 5.74) is 3.05. The maximum absolute atomic E-state index is 13.4. The number of aryl methyl sites for hydroxylation is 1. The molecular formula is C25H28ClN5O3. The number of aromatic carboxylic acids is 1. The maximum Gasteiger partial charge on any atom is 0.356 e. The van der Waals surface area contributed by atoms with Gasteiger partial charge in [-0.3, -0.25) is 9.36 Å². The van der Waals surface area contributed by atoms with E-state index < -0.39 is 5.97 Å². The van der Waals surface area contributed by atoms with E-state index in [-0.39, 0.29) is 22.4 Å². The van der Waals surface area contributed by atoms with Crippen LogP contribution >= 0.6 is 11.6 Å². The zero-order chi connectivity index (χ0) is 24.2. The van der Waals surface area contributed by atoms with Gasteiger partial charge in [0.15, 0.2) is 5.69 Å². The number of carboxylic acid groups (broad SMARTS) is 1. The first-order chi connectivity index (χ1) is 16.2. The molecule has 8 nitrogen and oxygen atoms in total. The molecule has 2 aromatic heterocycles. The third kappa shape index (κ3) is 4.00. The highest BCUT2D eigenvalue weighted by Crippen LogP contribution is 2.53. The number of pyridine rings is 1. The second-order valence-corrected chi connectivity index (χ2v) is 10.1. The van der Waals surface area contributed by atoms with Gasteiger partial charge in [-0.25, -0.2) is 14.8 Å². The van der Waals surface area contributed by atoms with Crippen LogP contribution in [-0.2, 0) is 7.05 Å². The van der Waals surface area contributed by atoms with Crippen molar-refractivity contribution >= 4 is 40.1 Å². The number of carbonyl (C=O) groups is 1. The lowest BCUT2D eigenvalue weighted by Gasteiger charge is -2.33. The molecule has 2 N–H and O–H groups in total. The van der Waals surface area contributed by atoms with E-state index in [0.29, 0.717) is 28.0 Å². The lowest BCUT2D eigenvalue weighted by atomic mass is 9.94. The largest absolute Gasteiger partial charge is 0.476 e. The van der Waals surface area contributed by atoms with Gasteiger partial charge in [-0.05, 0) is 68.7 Å². The predicted octanol–water partition coefficient (Wildman–Crippen LogP) is 4.54. The van der Waals surface area contributed by atoms with Crippen LogP contribution in [0.4, 0.5) is 11.6 Å². The first kappa shape index (κ1) is 22.7. The number of nitrogens with one attached hydrogen (secondary N) is 1. The molecule has 0 bridgehead atoms. The second kappa shape index (κ2) is 8.27. The fraction of sp³-hybridized carbons (Fsp3) is 0.440. The molecule has 0 radical (unpaired) electrons. The standard InChI is InChI=1S/C25H28ClN5O3/c1-14-12-16(15(2)27-18-4-5-19(26)28-21(18)23(33)34)20-17(13-14)22(32)30(3)24(29-20)31-10-8-25(6-7-25)9-11-31/h4-5,12-13,15,27H,6-11H2,1-3H3,(H,33,34). The Morgan fingerprint density at radius 3 is 2.53 bits per heavy atom. The van der Waals surface area contributed by atoms with Gasteiger partial charge < -0.3 is 15.3 Å². The van der Waals surface area contributed by atoms with Crippen LogP contribution in [0.5, 0.6) is 0 Å². The first-order valence-electron chi connectivity index (χ1n) is 11.6. The Morgan fingerprint density at radius 1 is 1.18 bits per heavy atom. The molecule has 3 heterocycles. The van der Waals surface area contributed by atoms with Gasteiger partial charge in [-0.15, -0.1) is 0 Å². The number of piperidine rings is 1. The molecule has 1 saturated carbocycles. The predicted molar refractivity (Wildman–Crippen MR) is 133 cm³/mol. The van der Waals surface area contributed by atoms with E-state index in [4.69, 9.17) is 16.6 Å². The molecule has 1 saturated heterocycles. The zero-order valence-corrected chi connectivity index (χ0v) is 20.3. The molecule has 178 valence electrons. The number of carboxylic acids is 1. The molecule has 2 fully saturated rings. The Kier molecular flexibility index (Phi) is 5.51. The number of rotatable bonds is 5. The average molecular weight is 482 g/mol. The highest BCUT2D eigenvalue weighted by Gasteiger charge is 2.44. The molecule has 9 heteroatoms. The summed E-state index contributed by atoms with van der Waals surface area (Å²) in [7, 11) is 1.79. The van der Waals surface area contributed by atoms with Crippen molar-refractivity contribution in [3.05, 3.63) is 56.6 Å². The molecule has 3 aromatic rings. The molecule has 1 aromatic carbocycles. The van der Waals surface area contributed by atoms with Crippen LogP contribution in [0, 0.1) is 12.3 Å². The lowest BCUT2D eigenvalue weighted by Crippen LogP contribution is -2.38. The number of hydrogen-bond donors (Lipinski definition) is 2. The minimum absolute atomic E-state index is 0.0803. The van der Waals surface area contributed by atoms with Gasteiger partial charge >= 0.3 is 5.97 Å². The normalized spacial score (nSPS) is 17.7. The van der Waals surface area contributed by atoms with Crippen molar-refractivity contribution in [2.75, 3.05) is 23.3 Å². The Bertz CT molecular complexity index is 1350. The fourth-order valence-corrected chi connectivity index (χ4v) is 5.19. The summed E-state index contributed by atoms with van der Waals surface area (Å²) in [6.45, 7) is 5.67. The number of halogens is 1. The van der Waals surface area contributed by atoms with E-state index in [9.17, 15) is 14.7 Å². The van der Waals surface area contributed by atoms with Crippen LogP contribution in [0.3, 0.4) is 0 Å². The van der Waals surface area contributed by atoms with Gasteiger partial charge in [0.05, 0.1) is 22.6 Å². The monoisotopic (exact) mass is 481 g/mol. The number of aromatic nitrogens is 3. The van der Waals surface area contributed by atoms with Crippen molar-refractivity contribution in [1.29, 1.82) is 0 Å². The number of hydrogen-bond acceptors (Lipinski definition) is 6. The Hall–Kier alpha value is -3.13. The SMILES string of the molecule is Cc1cc(C(C)Nc2ccc(Cl)nc2C(=O)O)c2nc(N3CCC4(CC3)CC4)n(C)c(=O)c2c1. The molecule has 0 amide bonds. The van der Waals surface area contributed by atoms with Crippen molar-refractivity contribution in [2.24, 2.45) is 12.5 Å². The van der Waals surface area contributed by atoms with E-state index >= 15 is 0 Å². The molecule has 5 rings (SSSR count). The first-order valence-corrected chi connectivity index (χ1v) is 12.0. The highest BCUT2D eigenvalue weighted by molar-refractivity contribution is 6.29. The Morgan fingerprint density at radius 2 is 1.88 bits per heavy atom. The van der Waals surface area contributed by atoms with Crippen molar-refractivity contribution < 1.29 is 9.90 Å². The van der Waals surface area contributed by atoms with Crippen molar-refractivity contribution in [1.82, 2.24) is 14.5 Å². The fourth-order valence-electron chi connectivity index (χ4n) is 5.04. The van der Waals surface area contributed by atoms with E-state index in [1.807, 2.05) is 26.0 Å². The number of anilines is 2. The van der Waals surface area contributed by atoms with Crippen LogP contribution in [-0.4, -0.2) is 38.7 Å². The zero-order valence-electron chi connectivity index (χ0n) is 19.6. The summed E-state index contributed by atoms with van der Waals surface area (Å²) >= 11 is 5.90. The quantitative estimate of drug-likeness (QED) is 0.516. The summed E-state index contributed by atoms with van der Waals surface area (Å²) in [6, 6.07) is 6.69. The van der Waals surface area contributed by atoms with Gasteiger partial charge in [-0.1, -0.05) is 17.7 Å². The van der Waals surface area contributed by atoms with E-state index in [0.717, 1.165) is 37.1 Å². The van der Waals surface area contributed by atoms with Crippen LogP contribution in [0.1, 0.15) is 60.3 Å². The summed E-state index contributed by atoms with van der Waals surface area (Å²) in [5, 5.41) is 13.5. The van der Waals surface area contributed by atoms with Crippen molar-refractivity contribution in [3.8, 4) is 0 Å². The molecular weight excluding hydrogens is 454 g/mol. The highest BCUT2D eigenvalue weighted by atomic mass is 35.5. The molecule has 34 heavy (non-hydrogen) atoms. The van der Waals surface area contributed by atoms with Crippen molar-refractivity contribution in [3.63, 3.8) is 0 Å². The van der Waals surface area contributed by atoms with Gasteiger partial charge in [0, 0.05) is 25.7 Å². The third-order valence-electron chi connectivity index (χ3n) is 7.30. The van der Waals surface area contributed by atoms with Crippen molar-refractivity contribution in [2.45, 2.75) is 45.6 Å². The van der Waals surface area contributed by atoms with Gasteiger partial charge in [0.2, 0.25) is 5.95 Å². The average Bonchev–Trinajstić information content (AvgIpc) is 3.56. The Balaban J connectivity index is 1.56. The summed E-state index contributed by atoms with van der Waals surface area (Å²) in [6.07, 6.45) is 4.91. The van der Waals surface area contributed by atoms with Gasteiger partial charge in [-0.2, -0.15) is 0 Å². The summed E-state index contributed by atoms with van der Waals surface area (Å²) in [5.74, 6) is -0.483. The smallest absolute Gasteiger partial charge is 0.356 e. The minimum Gasteiger partial charge on any atom is -0.476 e. The number of benzene rings is 1. The lowest BCUT2D eigenvalue weighted by molar-refractivity contribution is 0.0691. The molecule has 2 aliphatic rings. The van der Waals surface area contributed by atoms with Crippen LogP contribution in [0.2, 0.25) is 5.15 Å². The molecule has 1 aliphatic carbocycles. The van der Waals surface area contributed by atoms with Gasteiger partial charge in [0.25, 0.3) is 5.56 Å². The Labute approximate surface area is 202 Å². The topological polar surface area (TPSA) is 100 Å². The summed E-state index contributed by atoms with van der Waals surface area (Å²) < 4.78 is 1.65. The molecule has 1 unspecified atom stereocenters. The number of nitrogens with zero attached hydrogens (tertiary/aromatic N) is 4. The van der Waals surface area contributed by atoms with E-state index in [1.165, 1.54) is 12.8 Å². The van der Waals surface area contributed by atoms with Crippen LogP contribution in [0.25, 0.3) is 10.9 Å². The minimum atomic E-state index is -1.17. The second-order valence-electron chi connectivity index (χ2n) is 9.71. The molecule has 1 atom stereocenters. The third-order valence-corrected chi connectivity index (χ3v) is 7.51. The van der Waals surface area contributed by atoms with E-state index in [1.54, 1.807) is 23.7 Å². The van der Waals surface area contributed by atoms with Crippen LogP contribution < -0.4 is 15.8 Å². The van der Waals surface area contributed by atoms with Gasteiger partial charge in [0.1, 0.15) is 5.15 Å². The molecule has 1 spiro atoms. The summed E-state index contributed by atoms with van der Waals surface area (Å²) in [4.78, 5) is 36.2. The molecule has 1 aliphatic heterocycles. The number of fused-ring (bicyclic) bond motifs is 1. The van der Waals surface area contributed by atoms with E-state index in [2.05, 4.69) is 15.2 Å².